The standard InChI is InChI=1S/C14H20O3/c1-8(2)13(15)17-14-6-12(14)9-4-5-11(14)10(9)7-16-3/h9-12H,1,4-7H2,2-3H3. The molecular formula is C14H20O3. The van der Waals surface area contributed by atoms with Crippen LogP contribution < -0.4 is 0 Å². The molecule has 3 nitrogen and oxygen atoms in total. The van der Waals surface area contributed by atoms with Crippen LogP contribution in [0.25, 0.3) is 0 Å². The van der Waals surface area contributed by atoms with Gasteiger partial charge < -0.3 is 9.47 Å². The fourth-order valence-electron chi connectivity index (χ4n) is 4.31. The van der Waals surface area contributed by atoms with E-state index >= 15 is 0 Å². The minimum absolute atomic E-state index is 0.137. The number of hydrogen-bond donors (Lipinski definition) is 0. The SMILES string of the molecule is C=C(C)C(=O)OC12CC1C1CCC2C1COC. The van der Waals surface area contributed by atoms with Crippen molar-refractivity contribution in [2.75, 3.05) is 13.7 Å². The molecule has 0 heterocycles. The first kappa shape index (κ1) is 11.3. The number of carbonyl (C=O) groups excluding carboxylic acids is 1. The Balaban J connectivity index is 1.75. The third kappa shape index (κ3) is 1.41. The van der Waals surface area contributed by atoms with E-state index in [4.69, 9.17) is 9.47 Å². The average molecular weight is 236 g/mol. The van der Waals surface area contributed by atoms with E-state index < -0.39 is 0 Å². The highest BCUT2D eigenvalue weighted by Gasteiger charge is 2.75. The Morgan fingerprint density at radius 1 is 1.41 bits per heavy atom. The van der Waals surface area contributed by atoms with Gasteiger partial charge in [0.1, 0.15) is 5.60 Å². The molecule has 0 radical (unpaired) electrons. The molecular weight excluding hydrogens is 216 g/mol. The van der Waals surface area contributed by atoms with Crippen molar-refractivity contribution in [2.45, 2.75) is 31.8 Å². The molecule has 3 aliphatic carbocycles. The van der Waals surface area contributed by atoms with Crippen molar-refractivity contribution in [3.63, 3.8) is 0 Å². The fraction of sp³-hybridized carbons (Fsp3) is 0.786. The van der Waals surface area contributed by atoms with Gasteiger partial charge in [-0.05, 0) is 38.0 Å². The van der Waals surface area contributed by atoms with Crippen LogP contribution in [0.3, 0.4) is 0 Å². The van der Waals surface area contributed by atoms with Gasteiger partial charge in [0.2, 0.25) is 0 Å². The third-order valence-corrected chi connectivity index (χ3v) is 5.02. The van der Waals surface area contributed by atoms with E-state index in [0.29, 0.717) is 23.3 Å². The number of carbonyl (C=O) groups is 1. The molecule has 0 amide bonds. The molecule has 0 aromatic rings. The van der Waals surface area contributed by atoms with E-state index in [2.05, 4.69) is 6.58 Å². The zero-order valence-electron chi connectivity index (χ0n) is 10.6. The Morgan fingerprint density at radius 2 is 2.18 bits per heavy atom. The van der Waals surface area contributed by atoms with Crippen LogP contribution >= 0.6 is 0 Å². The smallest absolute Gasteiger partial charge is 0.333 e. The maximum atomic E-state index is 11.7. The van der Waals surface area contributed by atoms with Crippen LogP contribution in [0.1, 0.15) is 26.2 Å². The van der Waals surface area contributed by atoms with Gasteiger partial charge >= 0.3 is 5.97 Å². The van der Waals surface area contributed by atoms with Gasteiger partial charge in [-0.25, -0.2) is 4.79 Å². The van der Waals surface area contributed by atoms with Crippen molar-refractivity contribution >= 4 is 5.97 Å². The van der Waals surface area contributed by atoms with E-state index in [-0.39, 0.29) is 11.6 Å². The molecule has 0 aromatic heterocycles. The number of hydrogen-bond acceptors (Lipinski definition) is 3. The van der Waals surface area contributed by atoms with Gasteiger partial charge in [0.25, 0.3) is 0 Å². The molecule has 3 aliphatic rings. The number of fused-ring (bicyclic) bond motifs is 5. The summed E-state index contributed by atoms with van der Waals surface area (Å²) in [6, 6.07) is 0. The molecule has 0 aliphatic heterocycles. The van der Waals surface area contributed by atoms with E-state index in [9.17, 15) is 4.79 Å². The molecule has 5 unspecified atom stereocenters. The van der Waals surface area contributed by atoms with Gasteiger partial charge in [-0.3, -0.25) is 0 Å². The lowest BCUT2D eigenvalue weighted by Crippen LogP contribution is -2.31. The lowest BCUT2D eigenvalue weighted by Gasteiger charge is -2.25. The van der Waals surface area contributed by atoms with Crippen LogP contribution in [-0.2, 0) is 14.3 Å². The van der Waals surface area contributed by atoms with E-state index in [1.54, 1.807) is 14.0 Å². The third-order valence-electron chi connectivity index (χ3n) is 5.02. The summed E-state index contributed by atoms with van der Waals surface area (Å²) in [5, 5.41) is 0. The zero-order chi connectivity index (χ0) is 12.2. The van der Waals surface area contributed by atoms with Crippen molar-refractivity contribution in [3.05, 3.63) is 12.2 Å². The summed E-state index contributed by atoms with van der Waals surface area (Å²) in [6.07, 6.45) is 3.55. The Hall–Kier alpha value is -0.830. The summed E-state index contributed by atoms with van der Waals surface area (Å²) in [5.41, 5.74) is 0.374. The molecule has 3 rings (SSSR count). The number of esters is 1. The van der Waals surface area contributed by atoms with Gasteiger partial charge in [0, 0.05) is 31.1 Å². The lowest BCUT2D eigenvalue weighted by molar-refractivity contribution is -0.150. The highest BCUT2D eigenvalue weighted by atomic mass is 16.6. The Kier molecular flexibility index (Phi) is 2.37. The van der Waals surface area contributed by atoms with Crippen LogP contribution in [0.15, 0.2) is 12.2 Å². The molecule has 0 aromatic carbocycles. The Labute approximate surface area is 102 Å². The second-order valence-corrected chi connectivity index (χ2v) is 5.90. The monoisotopic (exact) mass is 236 g/mol. The second-order valence-electron chi connectivity index (χ2n) is 5.90. The number of ether oxygens (including phenoxy) is 2. The highest BCUT2D eigenvalue weighted by molar-refractivity contribution is 5.87. The first-order valence-corrected chi connectivity index (χ1v) is 6.48. The predicted octanol–water partition coefficient (Wildman–Crippen LogP) is 2.17. The summed E-state index contributed by atoms with van der Waals surface area (Å²) in [4.78, 5) is 11.7. The van der Waals surface area contributed by atoms with Crippen LogP contribution in [0.5, 0.6) is 0 Å². The molecule has 17 heavy (non-hydrogen) atoms. The fourth-order valence-corrected chi connectivity index (χ4v) is 4.31. The summed E-state index contributed by atoms with van der Waals surface area (Å²) in [7, 11) is 1.76. The van der Waals surface area contributed by atoms with Crippen LogP contribution in [-0.4, -0.2) is 25.3 Å². The van der Waals surface area contributed by atoms with Crippen molar-refractivity contribution < 1.29 is 14.3 Å². The quantitative estimate of drug-likeness (QED) is 0.554. The van der Waals surface area contributed by atoms with Gasteiger partial charge in [0.15, 0.2) is 0 Å². The summed E-state index contributed by atoms with van der Waals surface area (Å²) < 4.78 is 11.1. The summed E-state index contributed by atoms with van der Waals surface area (Å²) >= 11 is 0. The van der Waals surface area contributed by atoms with Gasteiger partial charge in [-0.2, -0.15) is 0 Å². The molecule has 3 saturated carbocycles. The maximum Gasteiger partial charge on any atom is 0.333 e. The van der Waals surface area contributed by atoms with Crippen molar-refractivity contribution in [1.82, 2.24) is 0 Å². The zero-order valence-corrected chi connectivity index (χ0v) is 10.6. The average Bonchev–Trinajstić information content (AvgIpc) is 2.81. The summed E-state index contributed by atoms with van der Waals surface area (Å²) in [6.45, 7) is 6.20. The number of methoxy groups -OCH3 is 1. The minimum atomic E-state index is -0.212. The van der Waals surface area contributed by atoms with Crippen molar-refractivity contribution in [1.29, 1.82) is 0 Å². The molecule has 94 valence electrons. The van der Waals surface area contributed by atoms with E-state index in [1.165, 1.54) is 12.8 Å². The molecule has 0 saturated heterocycles. The highest BCUT2D eigenvalue weighted by Crippen LogP contribution is 2.72. The second kappa shape index (κ2) is 3.58. The summed E-state index contributed by atoms with van der Waals surface area (Å²) in [5.74, 6) is 2.25. The van der Waals surface area contributed by atoms with Gasteiger partial charge in [-0.15, -0.1) is 0 Å². The normalized spacial score (nSPS) is 45.5. The van der Waals surface area contributed by atoms with Crippen molar-refractivity contribution in [3.8, 4) is 0 Å². The first-order valence-electron chi connectivity index (χ1n) is 6.48. The molecule has 3 heteroatoms. The van der Waals surface area contributed by atoms with Crippen LogP contribution in [0, 0.1) is 23.7 Å². The largest absolute Gasteiger partial charge is 0.455 e. The van der Waals surface area contributed by atoms with Gasteiger partial charge in [-0.1, -0.05) is 6.58 Å². The van der Waals surface area contributed by atoms with E-state index in [0.717, 1.165) is 18.9 Å². The minimum Gasteiger partial charge on any atom is -0.455 e. The topological polar surface area (TPSA) is 35.5 Å². The van der Waals surface area contributed by atoms with Crippen LogP contribution in [0.4, 0.5) is 0 Å². The van der Waals surface area contributed by atoms with E-state index in [1.807, 2.05) is 0 Å². The van der Waals surface area contributed by atoms with Crippen LogP contribution in [0.2, 0.25) is 0 Å². The molecule has 5 atom stereocenters. The Bertz CT molecular complexity index is 376. The van der Waals surface area contributed by atoms with Gasteiger partial charge in [0.05, 0.1) is 0 Å². The Morgan fingerprint density at radius 3 is 2.82 bits per heavy atom. The lowest BCUT2D eigenvalue weighted by atomic mass is 9.92. The molecule has 0 spiro atoms. The predicted molar refractivity (Wildman–Crippen MR) is 63.3 cm³/mol. The molecule has 0 N–H and O–H groups in total. The first-order chi connectivity index (χ1) is 8.10. The molecule has 2 bridgehead atoms. The maximum absolute atomic E-state index is 11.7. The van der Waals surface area contributed by atoms with Crippen molar-refractivity contribution in [2.24, 2.45) is 23.7 Å². The number of rotatable bonds is 4. The molecule has 3 fully saturated rings.